The molecule has 11 nitrogen and oxygen atoms in total. The highest BCUT2D eigenvalue weighted by Crippen LogP contribution is 2.31. The van der Waals surface area contributed by atoms with E-state index in [1.165, 1.54) is 6.07 Å². The molecule has 2 saturated heterocycles. The van der Waals surface area contributed by atoms with Crippen molar-refractivity contribution >= 4 is 23.0 Å². The fourth-order valence-electron chi connectivity index (χ4n) is 6.02. The van der Waals surface area contributed by atoms with Crippen LogP contribution in [-0.2, 0) is 4.79 Å². The topological polar surface area (TPSA) is 137 Å². The van der Waals surface area contributed by atoms with Gasteiger partial charge in [-0.15, -0.1) is 0 Å². The van der Waals surface area contributed by atoms with E-state index in [1.54, 1.807) is 24.5 Å². The van der Waals surface area contributed by atoms with Crippen LogP contribution in [0.2, 0.25) is 0 Å². The zero-order chi connectivity index (χ0) is 29.3. The Morgan fingerprint density at radius 2 is 1.93 bits per heavy atom. The Morgan fingerprint density at radius 3 is 2.61 bits per heavy atom. The molecule has 2 fully saturated rings. The lowest BCUT2D eigenvalue weighted by molar-refractivity contribution is -0.137. The number of aromatic nitrogens is 4. The minimum atomic E-state index is -0.981. The molecule has 2 aliphatic heterocycles. The number of anilines is 1. The van der Waals surface area contributed by atoms with E-state index in [2.05, 4.69) is 42.3 Å². The number of nitrogens with one attached hydrogen (secondary N) is 2. The Kier molecular flexibility index (Phi) is 8.78. The maximum absolute atomic E-state index is 15.1. The molecule has 4 unspecified atom stereocenters. The first kappa shape index (κ1) is 29.2. The lowest BCUT2D eigenvalue weighted by Gasteiger charge is -2.40. The first-order chi connectivity index (χ1) is 19.6. The van der Waals surface area contributed by atoms with Gasteiger partial charge >= 0.3 is 5.97 Å². The van der Waals surface area contributed by atoms with E-state index in [0.717, 1.165) is 52.0 Å². The van der Waals surface area contributed by atoms with Crippen LogP contribution in [0.25, 0.3) is 22.3 Å². The van der Waals surface area contributed by atoms with Gasteiger partial charge in [0.15, 0.2) is 11.6 Å². The van der Waals surface area contributed by atoms with Gasteiger partial charge in [-0.05, 0) is 44.9 Å². The monoisotopic (exact) mass is 571 g/mol. The second-order valence-corrected chi connectivity index (χ2v) is 11.2. The summed E-state index contributed by atoms with van der Waals surface area (Å²) in [5, 5.41) is 16.0. The Balaban J connectivity index is 1.30. The molecule has 0 amide bonds. The van der Waals surface area contributed by atoms with Crippen molar-refractivity contribution in [2.24, 2.45) is 11.7 Å². The number of piperidine rings is 1. The summed E-state index contributed by atoms with van der Waals surface area (Å²) in [6.45, 7) is 12.6. The molecule has 3 aromatic rings. The number of benzene rings is 1. The van der Waals surface area contributed by atoms with E-state index >= 15 is 4.39 Å². The van der Waals surface area contributed by atoms with E-state index in [1.807, 2.05) is 0 Å². The van der Waals surface area contributed by atoms with Gasteiger partial charge in [-0.25, -0.2) is 23.7 Å². The maximum Gasteiger partial charge on any atom is 0.305 e. The van der Waals surface area contributed by atoms with Gasteiger partial charge in [0.25, 0.3) is 0 Å². The molecule has 13 heteroatoms. The van der Waals surface area contributed by atoms with Crippen molar-refractivity contribution in [3.05, 3.63) is 35.8 Å². The van der Waals surface area contributed by atoms with Crippen LogP contribution in [0.3, 0.4) is 0 Å². The summed E-state index contributed by atoms with van der Waals surface area (Å²) in [5.41, 5.74) is 7.19. The van der Waals surface area contributed by atoms with Crippen LogP contribution in [-0.4, -0.2) is 98.4 Å². The van der Waals surface area contributed by atoms with Crippen molar-refractivity contribution in [1.29, 1.82) is 0 Å². The van der Waals surface area contributed by atoms with E-state index in [4.69, 9.17) is 5.73 Å². The average Bonchev–Trinajstić information content (AvgIpc) is 3.27. The molecule has 0 spiro atoms. The third-order valence-electron chi connectivity index (χ3n) is 8.30. The third kappa shape index (κ3) is 6.48. The number of carbonyl (C=O) groups is 1. The molecule has 41 heavy (non-hydrogen) atoms. The van der Waals surface area contributed by atoms with Crippen molar-refractivity contribution in [3.8, 4) is 11.3 Å². The minimum absolute atomic E-state index is 0.0225. The first-order valence-corrected chi connectivity index (χ1v) is 14.3. The standard InChI is InChI=1S/C28H39F2N9O2/c1-4-37-5-7-38(8-6-37)15-19-13-32-24(12-22(19)31)35-28-33-14-21(30)26(36-28)18-10-20(29)27-23(11-18)39(17(3)34-27)16(2)9-25(40)41/h10-11,14,16,19,22,24,32H,4-9,12-13,15,31H2,1-3H3,(H,40,41)(H,33,35,36). The fraction of sp³-hybridized carbons (Fsp3) is 0.571. The van der Waals surface area contributed by atoms with Crippen LogP contribution >= 0.6 is 0 Å². The van der Waals surface area contributed by atoms with Gasteiger partial charge in [0.1, 0.15) is 17.0 Å². The summed E-state index contributed by atoms with van der Waals surface area (Å²) in [5.74, 6) is -1.34. The van der Waals surface area contributed by atoms with Crippen LogP contribution in [0.4, 0.5) is 14.7 Å². The van der Waals surface area contributed by atoms with Crippen LogP contribution in [0.1, 0.15) is 38.6 Å². The Bertz CT molecular complexity index is 1390. The number of imidazole rings is 1. The zero-order valence-corrected chi connectivity index (χ0v) is 23.8. The van der Waals surface area contributed by atoms with Crippen molar-refractivity contribution in [2.45, 2.75) is 51.9 Å². The SMILES string of the molecule is CCN1CCN(CC2CNC(Nc3ncc(F)c(-c4cc(F)c5nc(C)n(C(C)CC(=O)O)c5c4)n3)CC2N)CC1. The van der Waals surface area contributed by atoms with Crippen LogP contribution in [0, 0.1) is 24.5 Å². The molecule has 2 aliphatic rings. The summed E-state index contributed by atoms with van der Waals surface area (Å²) in [7, 11) is 0. The van der Waals surface area contributed by atoms with Gasteiger partial charge in [-0.2, -0.15) is 0 Å². The maximum atomic E-state index is 15.1. The Morgan fingerprint density at radius 1 is 1.20 bits per heavy atom. The number of halogens is 2. The molecule has 5 rings (SSSR count). The highest BCUT2D eigenvalue weighted by Gasteiger charge is 2.30. The van der Waals surface area contributed by atoms with Gasteiger partial charge in [0.2, 0.25) is 5.95 Å². The largest absolute Gasteiger partial charge is 0.481 e. The number of piperazine rings is 1. The highest BCUT2D eigenvalue weighted by molar-refractivity contribution is 5.83. The first-order valence-electron chi connectivity index (χ1n) is 14.3. The normalized spacial score (nSPS) is 23.1. The number of carboxylic acid groups (broad SMARTS) is 1. The van der Waals surface area contributed by atoms with Gasteiger partial charge in [-0.3, -0.25) is 10.1 Å². The van der Waals surface area contributed by atoms with Gasteiger partial charge in [0.05, 0.1) is 24.3 Å². The molecule has 0 saturated carbocycles. The number of fused-ring (bicyclic) bond motifs is 1. The summed E-state index contributed by atoms with van der Waals surface area (Å²) >= 11 is 0. The summed E-state index contributed by atoms with van der Waals surface area (Å²) < 4.78 is 31.8. The molecule has 4 atom stereocenters. The van der Waals surface area contributed by atoms with Gasteiger partial charge in [0, 0.05) is 56.9 Å². The van der Waals surface area contributed by atoms with E-state index in [9.17, 15) is 14.3 Å². The molecule has 0 bridgehead atoms. The fourth-order valence-corrected chi connectivity index (χ4v) is 6.02. The number of rotatable bonds is 9. The molecule has 4 heterocycles. The van der Waals surface area contributed by atoms with Crippen molar-refractivity contribution in [1.82, 2.24) is 34.6 Å². The quantitative estimate of drug-likeness (QED) is 0.303. The number of carboxylic acids is 1. The van der Waals surface area contributed by atoms with Crippen LogP contribution in [0.5, 0.6) is 0 Å². The number of nitrogens with two attached hydrogens (primary N) is 1. The Labute approximate surface area is 238 Å². The average molecular weight is 572 g/mol. The van der Waals surface area contributed by atoms with Crippen molar-refractivity contribution in [2.75, 3.05) is 51.1 Å². The van der Waals surface area contributed by atoms with Crippen LogP contribution < -0.4 is 16.4 Å². The van der Waals surface area contributed by atoms with E-state index < -0.39 is 23.6 Å². The summed E-state index contributed by atoms with van der Waals surface area (Å²) in [6.07, 6.45) is 1.35. The number of aliphatic carboxylic acids is 1. The molecule has 5 N–H and O–H groups in total. The van der Waals surface area contributed by atoms with Crippen LogP contribution in [0.15, 0.2) is 18.3 Å². The number of likely N-dealkylation sites (N-methyl/N-ethyl adjacent to an activating group) is 1. The summed E-state index contributed by atoms with van der Waals surface area (Å²) in [4.78, 5) is 29.0. The minimum Gasteiger partial charge on any atom is -0.481 e. The lowest BCUT2D eigenvalue weighted by Crippen LogP contribution is -2.57. The zero-order valence-electron chi connectivity index (χ0n) is 23.8. The third-order valence-corrected chi connectivity index (χ3v) is 8.30. The highest BCUT2D eigenvalue weighted by atomic mass is 19.1. The predicted octanol–water partition coefficient (Wildman–Crippen LogP) is 2.43. The molecular weight excluding hydrogens is 532 g/mol. The summed E-state index contributed by atoms with van der Waals surface area (Å²) in [6, 6.07) is 2.28. The molecule has 2 aromatic heterocycles. The van der Waals surface area contributed by atoms with E-state index in [-0.39, 0.29) is 41.4 Å². The van der Waals surface area contributed by atoms with Crippen molar-refractivity contribution in [3.63, 3.8) is 0 Å². The molecule has 1 aromatic carbocycles. The van der Waals surface area contributed by atoms with E-state index in [0.29, 0.717) is 23.7 Å². The molecular formula is C28H39F2N9O2. The second-order valence-electron chi connectivity index (χ2n) is 11.2. The lowest BCUT2D eigenvalue weighted by atomic mass is 9.91. The van der Waals surface area contributed by atoms with Gasteiger partial charge in [-0.1, -0.05) is 6.92 Å². The smallest absolute Gasteiger partial charge is 0.305 e. The number of hydrogen-bond acceptors (Lipinski definition) is 9. The number of nitrogens with zero attached hydrogens (tertiary/aromatic N) is 6. The second kappa shape index (κ2) is 12.3. The number of hydrogen-bond donors (Lipinski definition) is 4. The van der Waals surface area contributed by atoms with Gasteiger partial charge < -0.3 is 30.5 Å². The Hall–Kier alpha value is -3.26. The molecule has 222 valence electrons. The van der Waals surface area contributed by atoms with Crippen molar-refractivity contribution < 1.29 is 18.7 Å². The molecule has 0 radical (unpaired) electrons. The number of aryl methyl sites for hydroxylation is 1. The predicted molar refractivity (Wildman–Crippen MR) is 152 cm³/mol. The molecule has 0 aliphatic carbocycles.